The number of hydrogen-bond donors (Lipinski definition) is 1. The van der Waals surface area contributed by atoms with Gasteiger partial charge in [0.25, 0.3) is 0 Å². The molecule has 1 amide bonds. The minimum absolute atomic E-state index is 0.122. The Labute approximate surface area is 154 Å². The standard InChI is InChI=1S/C19H28N4OS/c1-2-3-11-20-18(24)14-25-13-17-22-16-10-7-12-21-19(16)23(17)15-8-5-4-6-9-15/h7,10,12,15H,2-6,8-9,11,13-14H2,1H3,(H,20,24). The van der Waals surface area contributed by atoms with Crippen LogP contribution in [0, 0.1) is 0 Å². The van der Waals surface area contributed by atoms with Gasteiger partial charge in [0.1, 0.15) is 11.3 Å². The highest BCUT2D eigenvalue weighted by molar-refractivity contribution is 7.99. The molecule has 1 aliphatic rings. The zero-order valence-electron chi connectivity index (χ0n) is 15.0. The number of carbonyl (C=O) groups is 1. The van der Waals surface area contributed by atoms with Crippen LogP contribution in [-0.2, 0) is 10.5 Å². The molecule has 0 unspecified atom stereocenters. The minimum atomic E-state index is 0.122. The van der Waals surface area contributed by atoms with Crippen LogP contribution in [0.2, 0.25) is 0 Å². The lowest BCUT2D eigenvalue weighted by atomic mass is 9.95. The van der Waals surface area contributed by atoms with Crippen LogP contribution in [0.1, 0.15) is 63.7 Å². The Morgan fingerprint density at radius 2 is 2.20 bits per heavy atom. The lowest BCUT2D eigenvalue weighted by molar-refractivity contribution is -0.118. The fourth-order valence-electron chi connectivity index (χ4n) is 3.49. The van der Waals surface area contributed by atoms with Crippen molar-refractivity contribution in [2.45, 2.75) is 63.7 Å². The van der Waals surface area contributed by atoms with Gasteiger partial charge in [-0.25, -0.2) is 9.97 Å². The van der Waals surface area contributed by atoms with Gasteiger partial charge in [0, 0.05) is 18.8 Å². The predicted molar refractivity (Wildman–Crippen MR) is 104 cm³/mol. The number of nitrogens with one attached hydrogen (secondary N) is 1. The molecule has 0 radical (unpaired) electrons. The van der Waals surface area contributed by atoms with Crippen molar-refractivity contribution in [2.75, 3.05) is 12.3 Å². The number of rotatable bonds is 8. The third-order valence-corrected chi connectivity index (χ3v) is 5.71. The van der Waals surface area contributed by atoms with Crippen molar-refractivity contribution in [1.82, 2.24) is 19.9 Å². The first-order valence-electron chi connectivity index (χ1n) is 9.46. The monoisotopic (exact) mass is 360 g/mol. The Bertz CT molecular complexity index is 694. The van der Waals surface area contributed by atoms with Gasteiger partial charge in [-0.3, -0.25) is 4.79 Å². The number of aromatic nitrogens is 3. The number of hydrogen-bond acceptors (Lipinski definition) is 4. The number of pyridine rings is 1. The Morgan fingerprint density at radius 3 is 3.00 bits per heavy atom. The van der Waals surface area contributed by atoms with Crippen LogP contribution in [0.25, 0.3) is 11.2 Å². The molecule has 1 aliphatic carbocycles. The van der Waals surface area contributed by atoms with Crippen LogP contribution < -0.4 is 5.32 Å². The highest BCUT2D eigenvalue weighted by Crippen LogP contribution is 2.32. The number of nitrogens with zero attached hydrogens (tertiary/aromatic N) is 3. The molecule has 0 saturated heterocycles. The van der Waals surface area contributed by atoms with Crippen molar-refractivity contribution >= 4 is 28.8 Å². The van der Waals surface area contributed by atoms with Crippen LogP contribution in [0.4, 0.5) is 0 Å². The average Bonchev–Trinajstić information content (AvgIpc) is 3.01. The third-order valence-electron chi connectivity index (χ3n) is 4.78. The summed E-state index contributed by atoms with van der Waals surface area (Å²) in [6, 6.07) is 4.48. The Morgan fingerprint density at radius 1 is 1.36 bits per heavy atom. The molecule has 2 heterocycles. The van der Waals surface area contributed by atoms with Crippen LogP contribution in [0.5, 0.6) is 0 Å². The van der Waals surface area contributed by atoms with Gasteiger partial charge in [0.2, 0.25) is 5.91 Å². The van der Waals surface area contributed by atoms with Crippen LogP contribution in [-0.4, -0.2) is 32.7 Å². The van der Waals surface area contributed by atoms with Gasteiger partial charge in [-0.2, -0.15) is 0 Å². The van der Waals surface area contributed by atoms with Crippen molar-refractivity contribution in [3.05, 3.63) is 24.2 Å². The predicted octanol–water partition coefficient (Wildman–Crippen LogP) is 4.09. The molecule has 3 rings (SSSR count). The number of carbonyl (C=O) groups excluding carboxylic acids is 1. The zero-order valence-corrected chi connectivity index (χ0v) is 15.9. The molecule has 0 bridgehead atoms. The second-order valence-corrected chi connectivity index (χ2v) is 7.72. The maximum atomic E-state index is 11.9. The highest BCUT2D eigenvalue weighted by atomic mass is 32.2. The molecule has 2 aromatic rings. The van der Waals surface area contributed by atoms with E-state index in [1.807, 2.05) is 18.3 Å². The van der Waals surface area contributed by atoms with E-state index in [1.54, 1.807) is 11.8 Å². The summed E-state index contributed by atoms with van der Waals surface area (Å²) >= 11 is 1.64. The largest absolute Gasteiger partial charge is 0.355 e. The van der Waals surface area contributed by atoms with E-state index in [2.05, 4.69) is 21.8 Å². The topological polar surface area (TPSA) is 59.8 Å². The first kappa shape index (κ1) is 18.2. The summed E-state index contributed by atoms with van der Waals surface area (Å²) in [7, 11) is 0. The minimum Gasteiger partial charge on any atom is -0.355 e. The van der Waals surface area contributed by atoms with E-state index >= 15 is 0 Å². The summed E-state index contributed by atoms with van der Waals surface area (Å²) < 4.78 is 2.34. The van der Waals surface area contributed by atoms with E-state index in [-0.39, 0.29) is 5.91 Å². The molecule has 25 heavy (non-hydrogen) atoms. The lowest BCUT2D eigenvalue weighted by Gasteiger charge is -2.25. The Hall–Kier alpha value is -1.56. The number of thioether (sulfide) groups is 1. The van der Waals surface area contributed by atoms with Crippen LogP contribution in [0.3, 0.4) is 0 Å². The molecule has 0 aliphatic heterocycles. The molecule has 0 spiro atoms. The molecule has 1 fully saturated rings. The first-order valence-corrected chi connectivity index (χ1v) is 10.6. The van der Waals surface area contributed by atoms with Crippen molar-refractivity contribution < 1.29 is 4.79 Å². The van der Waals surface area contributed by atoms with Crippen molar-refractivity contribution in [3.63, 3.8) is 0 Å². The molecule has 136 valence electrons. The molecule has 0 aromatic carbocycles. The molecular weight excluding hydrogens is 332 g/mol. The molecule has 1 N–H and O–H groups in total. The molecule has 2 aromatic heterocycles. The van der Waals surface area contributed by atoms with Crippen molar-refractivity contribution in [3.8, 4) is 0 Å². The fourth-order valence-corrected chi connectivity index (χ4v) is 4.27. The number of imidazole rings is 1. The van der Waals surface area contributed by atoms with E-state index in [0.29, 0.717) is 11.8 Å². The summed E-state index contributed by atoms with van der Waals surface area (Å²) in [5.74, 6) is 2.43. The van der Waals surface area contributed by atoms with E-state index in [1.165, 1.54) is 32.1 Å². The van der Waals surface area contributed by atoms with Crippen LogP contribution >= 0.6 is 11.8 Å². The van der Waals surface area contributed by atoms with E-state index < -0.39 is 0 Å². The maximum Gasteiger partial charge on any atom is 0.230 e. The second kappa shape index (κ2) is 9.22. The molecule has 1 saturated carbocycles. The highest BCUT2D eigenvalue weighted by Gasteiger charge is 2.22. The van der Waals surface area contributed by atoms with Gasteiger partial charge in [-0.1, -0.05) is 32.6 Å². The van der Waals surface area contributed by atoms with Gasteiger partial charge in [0.05, 0.1) is 11.5 Å². The first-order chi connectivity index (χ1) is 12.3. The van der Waals surface area contributed by atoms with Crippen LogP contribution in [0.15, 0.2) is 18.3 Å². The van der Waals surface area contributed by atoms with E-state index in [9.17, 15) is 4.79 Å². The molecule has 0 atom stereocenters. The van der Waals surface area contributed by atoms with Gasteiger partial charge in [0.15, 0.2) is 5.65 Å². The van der Waals surface area contributed by atoms with Crippen molar-refractivity contribution in [2.24, 2.45) is 0 Å². The maximum absolute atomic E-state index is 11.9. The van der Waals surface area contributed by atoms with E-state index in [4.69, 9.17) is 4.98 Å². The normalized spacial score (nSPS) is 15.6. The zero-order chi connectivity index (χ0) is 17.5. The average molecular weight is 361 g/mol. The summed E-state index contributed by atoms with van der Waals surface area (Å²) in [5, 5.41) is 2.98. The SMILES string of the molecule is CCCCNC(=O)CSCc1nc2cccnc2n1C1CCCCC1. The second-order valence-electron chi connectivity index (χ2n) is 6.73. The number of amides is 1. The molecular formula is C19H28N4OS. The number of fused-ring (bicyclic) bond motifs is 1. The Kier molecular flexibility index (Phi) is 6.73. The smallest absolute Gasteiger partial charge is 0.230 e. The Balaban J connectivity index is 1.67. The summed E-state index contributed by atoms with van der Waals surface area (Å²) in [4.78, 5) is 21.3. The lowest BCUT2D eigenvalue weighted by Crippen LogP contribution is -2.26. The third kappa shape index (κ3) is 4.75. The van der Waals surface area contributed by atoms with Gasteiger partial charge in [-0.05, 0) is 31.4 Å². The number of unbranched alkanes of at least 4 members (excludes halogenated alkanes) is 1. The molecule has 5 nitrogen and oxygen atoms in total. The fraction of sp³-hybridized carbons (Fsp3) is 0.632. The summed E-state index contributed by atoms with van der Waals surface area (Å²) in [6.45, 7) is 2.91. The van der Waals surface area contributed by atoms with Gasteiger partial charge < -0.3 is 9.88 Å². The molecule has 6 heteroatoms. The van der Waals surface area contributed by atoms with Gasteiger partial charge in [-0.15, -0.1) is 11.8 Å². The summed E-state index contributed by atoms with van der Waals surface area (Å²) in [6.07, 6.45) is 10.3. The van der Waals surface area contributed by atoms with Crippen molar-refractivity contribution in [1.29, 1.82) is 0 Å². The van der Waals surface area contributed by atoms with E-state index in [0.717, 1.165) is 42.1 Å². The quantitative estimate of drug-likeness (QED) is 0.721. The summed E-state index contributed by atoms with van der Waals surface area (Å²) in [5.41, 5.74) is 1.97. The van der Waals surface area contributed by atoms with Gasteiger partial charge >= 0.3 is 0 Å².